The predicted octanol–water partition coefficient (Wildman–Crippen LogP) is 8.06. The summed E-state index contributed by atoms with van der Waals surface area (Å²) in [5, 5.41) is 9.25. The molecule has 2 heteroatoms. The molecule has 29 heavy (non-hydrogen) atoms. The molecule has 0 saturated heterocycles. The minimum atomic E-state index is -0.684. The van der Waals surface area contributed by atoms with Gasteiger partial charge in [0.1, 0.15) is 0 Å². The van der Waals surface area contributed by atoms with Crippen LogP contribution in [0.2, 0.25) is 0 Å². The minimum Gasteiger partial charge on any atom is -0.481 e. The predicted molar refractivity (Wildman–Crippen MR) is 126 cm³/mol. The van der Waals surface area contributed by atoms with Gasteiger partial charge in [-0.25, -0.2) is 0 Å². The van der Waals surface area contributed by atoms with Gasteiger partial charge in [-0.1, -0.05) is 70.6 Å². The largest absolute Gasteiger partial charge is 0.481 e. The fourth-order valence-corrected chi connectivity index (χ4v) is 4.14. The molecule has 1 aromatic rings. The quantitative estimate of drug-likeness (QED) is 0.339. The third-order valence-electron chi connectivity index (χ3n) is 6.14. The van der Waals surface area contributed by atoms with Crippen LogP contribution in [-0.4, -0.2) is 11.1 Å². The Hall–Kier alpha value is -1.31. The molecule has 1 rings (SSSR count). The molecule has 0 bridgehead atoms. The molecule has 0 aliphatic heterocycles. The molecule has 0 saturated carbocycles. The second-order valence-corrected chi connectivity index (χ2v) is 10.9. The highest BCUT2D eigenvalue weighted by atomic mass is 16.4. The summed E-state index contributed by atoms with van der Waals surface area (Å²) >= 11 is 0. The van der Waals surface area contributed by atoms with Gasteiger partial charge in [-0.2, -0.15) is 0 Å². The number of benzene rings is 1. The molecule has 0 fully saturated rings. The first-order valence-electron chi connectivity index (χ1n) is 11.7. The van der Waals surface area contributed by atoms with Crippen molar-refractivity contribution in [1.82, 2.24) is 0 Å². The monoisotopic (exact) mass is 402 g/mol. The summed E-state index contributed by atoms with van der Waals surface area (Å²) < 4.78 is 0. The Balaban J connectivity index is 2.49. The number of aryl methyl sites for hydroxylation is 3. The number of carboxylic acids is 1. The number of hydrogen-bond acceptors (Lipinski definition) is 1. The van der Waals surface area contributed by atoms with Crippen LogP contribution in [0.15, 0.2) is 12.1 Å². The number of rotatable bonds is 13. The summed E-state index contributed by atoms with van der Waals surface area (Å²) in [6, 6.07) is 4.71. The van der Waals surface area contributed by atoms with E-state index in [2.05, 4.69) is 46.8 Å². The molecule has 0 aliphatic carbocycles. The van der Waals surface area contributed by atoms with E-state index < -0.39 is 11.4 Å². The second-order valence-electron chi connectivity index (χ2n) is 10.9. The Kier molecular flexibility index (Phi) is 10.4. The van der Waals surface area contributed by atoms with Crippen molar-refractivity contribution in [3.05, 3.63) is 34.4 Å². The van der Waals surface area contributed by atoms with Crippen molar-refractivity contribution >= 4 is 5.97 Å². The van der Waals surface area contributed by atoms with Crippen LogP contribution < -0.4 is 0 Å². The summed E-state index contributed by atoms with van der Waals surface area (Å²) in [5.74, 6) is -0.684. The molecule has 1 N–H and O–H groups in total. The number of hydrogen-bond donors (Lipinski definition) is 1. The average molecular weight is 403 g/mol. The summed E-state index contributed by atoms with van der Waals surface area (Å²) in [6.45, 7) is 15.1. The van der Waals surface area contributed by atoms with Gasteiger partial charge in [-0.3, -0.25) is 4.79 Å². The minimum absolute atomic E-state index is 0.459. The van der Waals surface area contributed by atoms with Gasteiger partial charge in [-0.15, -0.1) is 0 Å². The van der Waals surface area contributed by atoms with Gasteiger partial charge in [0.2, 0.25) is 0 Å². The lowest BCUT2D eigenvalue weighted by atomic mass is 9.86. The fraction of sp³-hybridized carbons (Fsp3) is 0.741. The molecular formula is C27H46O2. The maximum atomic E-state index is 11.2. The molecule has 0 spiro atoms. The second kappa shape index (κ2) is 11.8. The Bertz CT molecular complexity index is 635. The van der Waals surface area contributed by atoms with Crippen LogP contribution in [0.1, 0.15) is 115 Å². The third-order valence-corrected chi connectivity index (χ3v) is 6.14. The van der Waals surface area contributed by atoms with E-state index in [9.17, 15) is 9.90 Å². The summed E-state index contributed by atoms with van der Waals surface area (Å²) in [4.78, 5) is 11.2. The van der Waals surface area contributed by atoms with Crippen LogP contribution >= 0.6 is 0 Å². The van der Waals surface area contributed by atoms with Crippen LogP contribution in [0.5, 0.6) is 0 Å². The van der Waals surface area contributed by atoms with E-state index in [4.69, 9.17) is 0 Å². The summed E-state index contributed by atoms with van der Waals surface area (Å²) in [5.41, 5.74) is 5.75. The van der Waals surface area contributed by atoms with Crippen molar-refractivity contribution < 1.29 is 9.90 Å². The van der Waals surface area contributed by atoms with E-state index in [1.54, 1.807) is 11.1 Å². The topological polar surface area (TPSA) is 37.3 Å². The van der Waals surface area contributed by atoms with Crippen molar-refractivity contribution in [3.8, 4) is 0 Å². The van der Waals surface area contributed by atoms with E-state index in [1.807, 2.05) is 13.8 Å². The lowest BCUT2D eigenvalue weighted by Gasteiger charge is -2.19. The van der Waals surface area contributed by atoms with Gasteiger partial charge < -0.3 is 5.11 Å². The van der Waals surface area contributed by atoms with Crippen molar-refractivity contribution in [2.45, 2.75) is 119 Å². The molecule has 0 atom stereocenters. The van der Waals surface area contributed by atoms with E-state index in [0.717, 1.165) is 32.1 Å². The van der Waals surface area contributed by atoms with Crippen molar-refractivity contribution in [2.24, 2.45) is 10.8 Å². The molecule has 0 heterocycles. The molecule has 0 unspecified atom stereocenters. The highest BCUT2D eigenvalue weighted by molar-refractivity contribution is 5.73. The first-order chi connectivity index (χ1) is 13.4. The van der Waals surface area contributed by atoms with Crippen LogP contribution in [0.4, 0.5) is 0 Å². The maximum absolute atomic E-state index is 11.2. The van der Waals surface area contributed by atoms with Crippen LogP contribution in [0, 0.1) is 24.7 Å². The molecule has 0 amide bonds. The van der Waals surface area contributed by atoms with Gasteiger partial charge in [0.15, 0.2) is 0 Å². The highest BCUT2D eigenvalue weighted by Crippen LogP contribution is 2.26. The number of aliphatic carboxylic acids is 1. The molecule has 0 radical (unpaired) electrons. The zero-order valence-electron chi connectivity index (χ0n) is 20.3. The molecular weight excluding hydrogens is 356 g/mol. The fourth-order valence-electron chi connectivity index (χ4n) is 4.14. The standard InChI is InChI=1S/C27H46O2/c1-21-19-22(2)24(16-12-10-14-18-27(6,7)25(28)29)23(20-21)15-11-8-9-13-17-26(3,4)5/h19-20H,8-18H2,1-7H3,(H,28,29). The Morgan fingerprint density at radius 3 is 1.97 bits per heavy atom. The number of carbonyl (C=O) groups is 1. The SMILES string of the molecule is Cc1cc(C)c(CCCCCC(C)(C)C(=O)O)c(CCCCCCC(C)(C)C)c1. The van der Waals surface area contributed by atoms with Gasteiger partial charge in [0.25, 0.3) is 0 Å². The summed E-state index contributed by atoms with van der Waals surface area (Å²) in [7, 11) is 0. The Labute approximate surface area is 180 Å². The zero-order valence-corrected chi connectivity index (χ0v) is 20.3. The molecule has 1 aromatic carbocycles. The van der Waals surface area contributed by atoms with Crippen molar-refractivity contribution in [1.29, 1.82) is 0 Å². The molecule has 0 aliphatic rings. The number of unbranched alkanes of at least 4 members (excludes halogenated alkanes) is 5. The molecule has 166 valence electrons. The molecule has 2 nitrogen and oxygen atoms in total. The van der Waals surface area contributed by atoms with Gasteiger partial charge in [0, 0.05) is 0 Å². The van der Waals surface area contributed by atoms with Crippen LogP contribution in [0.25, 0.3) is 0 Å². The normalized spacial score (nSPS) is 12.4. The summed E-state index contributed by atoms with van der Waals surface area (Å²) in [6.07, 6.45) is 12.9. The zero-order chi connectivity index (χ0) is 22.1. The van der Waals surface area contributed by atoms with Crippen molar-refractivity contribution in [3.63, 3.8) is 0 Å². The van der Waals surface area contributed by atoms with E-state index in [0.29, 0.717) is 5.41 Å². The van der Waals surface area contributed by atoms with Gasteiger partial charge in [0.05, 0.1) is 5.41 Å². The number of carboxylic acid groups (broad SMARTS) is 1. The Morgan fingerprint density at radius 2 is 1.34 bits per heavy atom. The Morgan fingerprint density at radius 1 is 0.793 bits per heavy atom. The van der Waals surface area contributed by atoms with Crippen LogP contribution in [-0.2, 0) is 17.6 Å². The van der Waals surface area contributed by atoms with Gasteiger partial charge in [-0.05, 0) is 88.3 Å². The van der Waals surface area contributed by atoms with E-state index in [-0.39, 0.29) is 0 Å². The highest BCUT2D eigenvalue weighted by Gasteiger charge is 2.25. The lowest BCUT2D eigenvalue weighted by Crippen LogP contribution is -2.23. The maximum Gasteiger partial charge on any atom is 0.309 e. The average Bonchev–Trinajstić information content (AvgIpc) is 2.58. The first-order valence-corrected chi connectivity index (χ1v) is 11.7. The van der Waals surface area contributed by atoms with Crippen molar-refractivity contribution in [2.75, 3.05) is 0 Å². The van der Waals surface area contributed by atoms with E-state index >= 15 is 0 Å². The molecule has 0 aromatic heterocycles. The van der Waals surface area contributed by atoms with E-state index in [1.165, 1.54) is 49.7 Å². The smallest absolute Gasteiger partial charge is 0.309 e. The van der Waals surface area contributed by atoms with Crippen LogP contribution in [0.3, 0.4) is 0 Å². The first kappa shape index (κ1) is 25.7. The third kappa shape index (κ3) is 10.3. The van der Waals surface area contributed by atoms with Gasteiger partial charge >= 0.3 is 5.97 Å². The lowest BCUT2D eigenvalue weighted by molar-refractivity contribution is -0.147.